The lowest BCUT2D eigenvalue weighted by atomic mass is 10.1. The Morgan fingerprint density at radius 1 is 1.04 bits per heavy atom. The second-order valence-corrected chi connectivity index (χ2v) is 5.62. The standard InChI is InChI=1S/C19H19N3O2/c1-21(2)16-10-8-15(9-11-16)14-22(18-7-3-4-12-20-18)19(23)17-6-5-13-24-17/h3-13H,14H2,1-2H3. The maximum atomic E-state index is 12.8. The number of anilines is 2. The van der Waals surface area contributed by atoms with Crippen LogP contribution in [0.25, 0.3) is 0 Å². The van der Waals surface area contributed by atoms with Crippen LogP contribution >= 0.6 is 0 Å². The number of furan rings is 1. The van der Waals surface area contributed by atoms with Crippen LogP contribution in [0.5, 0.6) is 0 Å². The van der Waals surface area contributed by atoms with Crippen molar-refractivity contribution in [2.24, 2.45) is 0 Å². The molecule has 0 aliphatic carbocycles. The lowest BCUT2D eigenvalue weighted by Crippen LogP contribution is -2.30. The fraction of sp³-hybridized carbons (Fsp3) is 0.158. The molecule has 1 aromatic carbocycles. The van der Waals surface area contributed by atoms with E-state index in [4.69, 9.17) is 4.42 Å². The maximum absolute atomic E-state index is 12.8. The molecule has 3 aromatic rings. The van der Waals surface area contributed by atoms with Gasteiger partial charge in [-0.25, -0.2) is 4.98 Å². The van der Waals surface area contributed by atoms with E-state index in [0.717, 1.165) is 11.3 Å². The van der Waals surface area contributed by atoms with E-state index in [1.807, 2.05) is 61.5 Å². The van der Waals surface area contributed by atoms with E-state index in [1.54, 1.807) is 23.2 Å². The lowest BCUT2D eigenvalue weighted by Gasteiger charge is -2.21. The Morgan fingerprint density at radius 2 is 1.83 bits per heavy atom. The number of amides is 1. The van der Waals surface area contributed by atoms with E-state index in [9.17, 15) is 4.79 Å². The minimum Gasteiger partial charge on any atom is -0.459 e. The van der Waals surface area contributed by atoms with Crippen LogP contribution in [0.4, 0.5) is 11.5 Å². The average Bonchev–Trinajstić information content (AvgIpc) is 3.15. The summed E-state index contributed by atoms with van der Waals surface area (Å²) in [7, 11) is 3.99. The number of benzene rings is 1. The molecule has 0 spiro atoms. The summed E-state index contributed by atoms with van der Waals surface area (Å²) < 4.78 is 5.26. The van der Waals surface area contributed by atoms with Gasteiger partial charge in [0, 0.05) is 26.0 Å². The van der Waals surface area contributed by atoms with Crippen LogP contribution in [0.15, 0.2) is 71.5 Å². The molecule has 2 heterocycles. The Labute approximate surface area is 141 Å². The summed E-state index contributed by atoms with van der Waals surface area (Å²) in [5.41, 5.74) is 2.13. The van der Waals surface area contributed by atoms with Crippen molar-refractivity contribution in [3.05, 3.63) is 78.4 Å². The van der Waals surface area contributed by atoms with Crippen molar-refractivity contribution < 1.29 is 9.21 Å². The number of hydrogen-bond acceptors (Lipinski definition) is 4. The molecule has 0 aliphatic rings. The monoisotopic (exact) mass is 321 g/mol. The molecule has 0 N–H and O–H groups in total. The molecule has 5 nitrogen and oxygen atoms in total. The Hall–Kier alpha value is -3.08. The molecule has 2 aromatic heterocycles. The fourth-order valence-corrected chi connectivity index (χ4v) is 2.39. The molecule has 0 atom stereocenters. The zero-order valence-corrected chi connectivity index (χ0v) is 13.7. The SMILES string of the molecule is CN(C)c1ccc(CN(C(=O)c2ccco2)c2ccccn2)cc1. The maximum Gasteiger partial charge on any atom is 0.295 e. The predicted molar refractivity (Wildman–Crippen MR) is 94.2 cm³/mol. The van der Waals surface area contributed by atoms with Crippen molar-refractivity contribution in [2.45, 2.75) is 6.54 Å². The molecule has 5 heteroatoms. The first-order chi connectivity index (χ1) is 11.6. The van der Waals surface area contributed by atoms with Crippen LogP contribution in [0, 0.1) is 0 Å². The second kappa shape index (κ2) is 7.00. The third kappa shape index (κ3) is 3.46. The molecule has 0 aliphatic heterocycles. The Kier molecular flexibility index (Phi) is 4.61. The quantitative estimate of drug-likeness (QED) is 0.720. The number of carbonyl (C=O) groups excluding carboxylic acids is 1. The number of aromatic nitrogens is 1. The van der Waals surface area contributed by atoms with Gasteiger partial charge in [0.15, 0.2) is 5.76 Å². The van der Waals surface area contributed by atoms with Crippen LogP contribution in [-0.4, -0.2) is 25.0 Å². The number of nitrogens with zero attached hydrogens (tertiary/aromatic N) is 3. The van der Waals surface area contributed by atoms with Crippen molar-refractivity contribution in [3.8, 4) is 0 Å². The number of hydrogen-bond donors (Lipinski definition) is 0. The van der Waals surface area contributed by atoms with Crippen LogP contribution in [0.1, 0.15) is 16.1 Å². The largest absolute Gasteiger partial charge is 0.459 e. The Morgan fingerprint density at radius 3 is 2.42 bits per heavy atom. The topological polar surface area (TPSA) is 49.6 Å². The molecular weight excluding hydrogens is 302 g/mol. The number of rotatable bonds is 5. The van der Waals surface area contributed by atoms with Crippen molar-refractivity contribution in [1.82, 2.24) is 4.98 Å². The minimum absolute atomic E-state index is 0.213. The first-order valence-corrected chi connectivity index (χ1v) is 7.68. The van der Waals surface area contributed by atoms with Crippen molar-refractivity contribution in [3.63, 3.8) is 0 Å². The third-order valence-corrected chi connectivity index (χ3v) is 3.70. The van der Waals surface area contributed by atoms with Crippen molar-refractivity contribution in [2.75, 3.05) is 23.9 Å². The van der Waals surface area contributed by atoms with Crippen LogP contribution in [0.2, 0.25) is 0 Å². The van der Waals surface area contributed by atoms with Crippen molar-refractivity contribution in [1.29, 1.82) is 0 Å². The van der Waals surface area contributed by atoms with Gasteiger partial charge in [-0.2, -0.15) is 0 Å². The van der Waals surface area contributed by atoms with Gasteiger partial charge in [0.25, 0.3) is 5.91 Å². The van der Waals surface area contributed by atoms with Crippen LogP contribution in [-0.2, 0) is 6.54 Å². The highest BCUT2D eigenvalue weighted by Gasteiger charge is 2.21. The molecule has 0 saturated heterocycles. The fourth-order valence-electron chi connectivity index (χ4n) is 2.39. The van der Waals surface area contributed by atoms with Gasteiger partial charge in [0.1, 0.15) is 5.82 Å². The Bertz CT molecular complexity index is 781. The molecule has 24 heavy (non-hydrogen) atoms. The summed E-state index contributed by atoms with van der Waals surface area (Å²) in [6.07, 6.45) is 3.17. The minimum atomic E-state index is -0.213. The highest BCUT2D eigenvalue weighted by atomic mass is 16.3. The molecule has 0 bridgehead atoms. The van der Waals surface area contributed by atoms with E-state index in [2.05, 4.69) is 4.98 Å². The summed E-state index contributed by atoms with van der Waals surface area (Å²) >= 11 is 0. The molecule has 0 fully saturated rings. The van der Waals surface area contributed by atoms with E-state index in [0.29, 0.717) is 18.1 Å². The van der Waals surface area contributed by atoms with E-state index in [1.165, 1.54) is 6.26 Å². The predicted octanol–water partition coefficient (Wildman–Crippen LogP) is 3.59. The summed E-state index contributed by atoms with van der Waals surface area (Å²) in [5, 5.41) is 0. The smallest absolute Gasteiger partial charge is 0.295 e. The third-order valence-electron chi connectivity index (χ3n) is 3.70. The Balaban J connectivity index is 1.89. The van der Waals surface area contributed by atoms with Gasteiger partial charge in [-0.3, -0.25) is 9.69 Å². The molecule has 1 amide bonds. The van der Waals surface area contributed by atoms with E-state index in [-0.39, 0.29) is 5.91 Å². The van der Waals surface area contributed by atoms with Crippen molar-refractivity contribution >= 4 is 17.4 Å². The summed E-state index contributed by atoms with van der Waals surface area (Å²) in [5.74, 6) is 0.677. The number of carbonyl (C=O) groups is 1. The average molecular weight is 321 g/mol. The normalized spacial score (nSPS) is 10.4. The summed E-state index contributed by atoms with van der Waals surface area (Å²) in [6, 6.07) is 17.0. The van der Waals surface area contributed by atoms with E-state index >= 15 is 0 Å². The van der Waals surface area contributed by atoms with Crippen LogP contribution < -0.4 is 9.80 Å². The lowest BCUT2D eigenvalue weighted by molar-refractivity contribution is 0.0957. The van der Waals surface area contributed by atoms with Gasteiger partial charge in [0.2, 0.25) is 0 Å². The van der Waals surface area contributed by atoms with Gasteiger partial charge in [-0.05, 0) is 42.0 Å². The zero-order valence-electron chi connectivity index (χ0n) is 13.7. The molecule has 0 saturated carbocycles. The summed E-state index contributed by atoms with van der Waals surface area (Å²) in [4.78, 5) is 20.7. The van der Waals surface area contributed by atoms with E-state index < -0.39 is 0 Å². The van der Waals surface area contributed by atoms with Gasteiger partial charge in [0.05, 0.1) is 12.8 Å². The zero-order chi connectivity index (χ0) is 16.9. The molecule has 0 unspecified atom stereocenters. The summed E-state index contributed by atoms with van der Waals surface area (Å²) in [6.45, 7) is 0.421. The van der Waals surface area contributed by atoms with Gasteiger partial charge >= 0.3 is 0 Å². The van der Waals surface area contributed by atoms with Gasteiger partial charge < -0.3 is 9.32 Å². The highest BCUT2D eigenvalue weighted by Crippen LogP contribution is 2.20. The number of pyridine rings is 1. The second-order valence-electron chi connectivity index (χ2n) is 5.62. The van der Waals surface area contributed by atoms with Gasteiger partial charge in [-0.15, -0.1) is 0 Å². The first kappa shape index (κ1) is 15.8. The molecular formula is C19H19N3O2. The van der Waals surface area contributed by atoms with Crippen LogP contribution in [0.3, 0.4) is 0 Å². The highest BCUT2D eigenvalue weighted by molar-refractivity contribution is 6.03. The molecule has 3 rings (SSSR count). The first-order valence-electron chi connectivity index (χ1n) is 7.68. The molecule has 122 valence electrons. The van der Waals surface area contributed by atoms with Gasteiger partial charge in [-0.1, -0.05) is 18.2 Å². The molecule has 0 radical (unpaired) electrons.